The largest absolute Gasteiger partial charge is 0.493 e. The molecule has 0 saturated carbocycles. The Labute approximate surface area is 245 Å². The molecule has 0 heterocycles. The summed E-state index contributed by atoms with van der Waals surface area (Å²) in [6, 6.07) is 9.73. The van der Waals surface area contributed by atoms with Gasteiger partial charge >= 0.3 is 5.97 Å². The van der Waals surface area contributed by atoms with Crippen LogP contribution in [0.3, 0.4) is 0 Å². The Kier molecular flexibility index (Phi) is 15.4. The first-order chi connectivity index (χ1) is 19.4. The molecule has 9 nitrogen and oxygen atoms in total. The lowest BCUT2D eigenvalue weighted by molar-refractivity contribution is -0.126. The Morgan fingerprint density at radius 1 is 0.825 bits per heavy atom. The van der Waals surface area contributed by atoms with Crippen molar-refractivity contribution in [2.45, 2.75) is 71.1 Å². The third-order valence-electron chi connectivity index (χ3n) is 6.14. The van der Waals surface area contributed by atoms with E-state index in [4.69, 9.17) is 14.2 Å². The second kappa shape index (κ2) is 18.8. The van der Waals surface area contributed by atoms with Gasteiger partial charge in [-0.1, -0.05) is 74.2 Å². The van der Waals surface area contributed by atoms with Gasteiger partial charge in [-0.25, -0.2) is 10.2 Å². The predicted molar refractivity (Wildman–Crippen MR) is 159 cm³/mol. The Morgan fingerprint density at radius 2 is 1.48 bits per heavy atom. The number of hydrogen-bond acceptors (Lipinski definition) is 7. The van der Waals surface area contributed by atoms with Crippen molar-refractivity contribution in [3.05, 3.63) is 52.0 Å². The van der Waals surface area contributed by atoms with Crippen LogP contribution in [0.5, 0.6) is 17.2 Å². The molecule has 0 aromatic heterocycles. The molecule has 2 N–H and O–H groups in total. The molecule has 0 saturated heterocycles. The number of benzene rings is 2. The van der Waals surface area contributed by atoms with Crippen molar-refractivity contribution >= 4 is 39.9 Å². The zero-order valence-electron chi connectivity index (χ0n) is 23.6. The molecule has 2 aromatic carbocycles. The minimum Gasteiger partial charge on any atom is -0.493 e. The molecule has 0 aliphatic heterocycles. The number of carbonyl (C=O) groups excluding carboxylic acids is 3. The van der Waals surface area contributed by atoms with Gasteiger partial charge in [-0.05, 0) is 42.8 Å². The second-order valence-electron chi connectivity index (χ2n) is 9.29. The number of carbonyl (C=O) groups is 3. The molecule has 218 valence electrons. The zero-order valence-corrected chi connectivity index (χ0v) is 25.2. The van der Waals surface area contributed by atoms with E-state index in [0.717, 1.165) is 23.7 Å². The average molecular weight is 619 g/mol. The van der Waals surface area contributed by atoms with E-state index in [1.165, 1.54) is 65.0 Å². The Balaban J connectivity index is 1.78. The van der Waals surface area contributed by atoms with Crippen molar-refractivity contribution in [2.75, 3.05) is 20.8 Å². The number of nitrogens with one attached hydrogen (secondary N) is 2. The van der Waals surface area contributed by atoms with E-state index in [-0.39, 0.29) is 23.8 Å². The summed E-state index contributed by atoms with van der Waals surface area (Å²) >= 11 is 3.38. The van der Waals surface area contributed by atoms with Gasteiger partial charge in [-0.2, -0.15) is 5.10 Å². The maximum atomic E-state index is 12.7. The summed E-state index contributed by atoms with van der Waals surface area (Å²) in [6.07, 6.45) is 12.4. The molecule has 0 fully saturated rings. The number of nitrogens with zero attached hydrogens (tertiary/aromatic N) is 1. The lowest BCUT2D eigenvalue weighted by Crippen LogP contribution is -2.34. The number of hydrogen-bond donors (Lipinski definition) is 2. The SMILES string of the molecule is CCCCCCCCCCCC(=O)NCC(=O)N/N=C/c1cc(Br)ccc1OC(=O)c1ccc(OC)c(OC)c1. The highest BCUT2D eigenvalue weighted by Gasteiger charge is 2.15. The first-order valence-corrected chi connectivity index (χ1v) is 14.5. The van der Waals surface area contributed by atoms with E-state index in [1.807, 2.05) is 0 Å². The van der Waals surface area contributed by atoms with Gasteiger partial charge in [0.15, 0.2) is 11.5 Å². The van der Waals surface area contributed by atoms with E-state index in [2.05, 4.69) is 38.7 Å². The van der Waals surface area contributed by atoms with E-state index in [0.29, 0.717) is 23.5 Å². The number of amides is 2. The maximum Gasteiger partial charge on any atom is 0.343 e. The second-order valence-corrected chi connectivity index (χ2v) is 10.2. The van der Waals surface area contributed by atoms with Crippen molar-refractivity contribution in [1.82, 2.24) is 10.7 Å². The van der Waals surface area contributed by atoms with Crippen LogP contribution in [0.15, 0.2) is 46.0 Å². The van der Waals surface area contributed by atoms with Crippen molar-refractivity contribution in [3.8, 4) is 17.2 Å². The van der Waals surface area contributed by atoms with Crippen molar-refractivity contribution < 1.29 is 28.6 Å². The monoisotopic (exact) mass is 617 g/mol. The fraction of sp³-hybridized carbons (Fsp3) is 0.467. The van der Waals surface area contributed by atoms with Crippen LogP contribution in [0.2, 0.25) is 0 Å². The van der Waals surface area contributed by atoms with E-state index >= 15 is 0 Å². The Bertz CT molecular complexity index is 1140. The molecule has 0 unspecified atom stereocenters. The molecule has 0 aliphatic carbocycles. The molecule has 2 aromatic rings. The van der Waals surface area contributed by atoms with Gasteiger partial charge < -0.3 is 19.5 Å². The summed E-state index contributed by atoms with van der Waals surface area (Å²) in [6.45, 7) is 2.04. The number of rotatable bonds is 18. The molecule has 0 spiro atoms. The first kappa shape index (κ1) is 32.8. The molecule has 2 rings (SSSR count). The van der Waals surface area contributed by atoms with Crippen molar-refractivity contribution in [2.24, 2.45) is 5.10 Å². The average Bonchev–Trinajstić information content (AvgIpc) is 2.96. The Hall–Kier alpha value is -3.40. The third-order valence-corrected chi connectivity index (χ3v) is 6.63. The summed E-state index contributed by atoms with van der Waals surface area (Å²) in [5.41, 5.74) is 3.11. The van der Waals surface area contributed by atoms with Gasteiger partial charge in [-0.15, -0.1) is 0 Å². The van der Waals surface area contributed by atoms with E-state index in [1.54, 1.807) is 30.3 Å². The zero-order chi connectivity index (χ0) is 29.2. The number of ether oxygens (including phenoxy) is 3. The molecule has 10 heteroatoms. The fourth-order valence-corrected chi connectivity index (χ4v) is 4.29. The van der Waals surface area contributed by atoms with Gasteiger partial charge in [0.05, 0.1) is 32.5 Å². The lowest BCUT2D eigenvalue weighted by atomic mass is 10.1. The summed E-state index contributed by atoms with van der Waals surface area (Å²) in [7, 11) is 2.99. The standard InChI is InChI=1S/C30H40BrN3O6/c1-4-5-6-7-8-9-10-11-12-13-28(35)32-21-29(36)34-33-20-23-18-24(31)15-17-25(23)40-30(37)22-14-16-26(38-2)27(19-22)39-3/h14-20H,4-13,21H2,1-3H3,(H,32,35)(H,34,36)/b33-20+. The highest BCUT2D eigenvalue weighted by molar-refractivity contribution is 9.10. The van der Waals surface area contributed by atoms with Crippen LogP contribution in [-0.2, 0) is 9.59 Å². The molecular weight excluding hydrogens is 578 g/mol. The van der Waals surface area contributed by atoms with Crippen molar-refractivity contribution in [1.29, 1.82) is 0 Å². The fourth-order valence-electron chi connectivity index (χ4n) is 3.91. The van der Waals surface area contributed by atoms with Crippen LogP contribution < -0.4 is 25.0 Å². The van der Waals surface area contributed by atoms with E-state index < -0.39 is 11.9 Å². The highest BCUT2D eigenvalue weighted by Crippen LogP contribution is 2.29. The Morgan fingerprint density at radius 3 is 2.15 bits per heavy atom. The summed E-state index contributed by atoms with van der Waals surface area (Å²) < 4.78 is 16.7. The minimum atomic E-state index is -0.600. The third kappa shape index (κ3) is 12.2. The van der Waals surface area contributed by atoms with Crippen molar-refractivity contribution in [3.63, 3.8) is 0 Å². The van der Waals surface area contributed by atoms with Crippen LogP contribution in [-0.4, -0.2) is 44.8 Å². The normalized spacial score (nSPS) is 10.8. The molecular formula is C30H40BrN3O6. The predicted octanol–water partition coefficient (Wildman–Crippen LogP) is 6.17. The van der Waals surface area contributed by atoms with Gasteiger partial charge in [0.1, 0.15) is 5.75 Å². The van der Waals surface area contributed by atoms with Crippen LogP contribution in [0.1, 0.15) is 87.1 Å². The van der Waals surface area contributed by atoms with Crippen LogP contribution in [0.4, 0.5) is 0 Å². The summed E-state index contributed by atoms with van der Waals surface area (Å²) in [5.74, 6) is -0.0793. The number of halogens is 1. The summed E-state index contributed by atoms with van der Waals surface area (Å²) in [4.78, 5) is 36.9. The van der Waals surface area contributed by atoms with Gasteiger partial charge in [-0.3, -0.25) is 9.59 Å². The molecule has 0 radical (unpaired) electrons. The number of methoxy groups -OCH3 is 2. The molecule has 0 bridgehead atoms. The highest BCUT2D eigenvalue weighted by atomic mass is 79.9. The number of esters is 1. The topological polar surface area (TPSA) is 115 Å². The quantitative estimate of drug-likeness (QED) is 0.0679. The lowest BCUT2D eigenvalue weighted by Gasteiger charge is -2.11. The van der Waals surface area contributed by atoms with Gasteiger partial charge in [0, 0.05) is 16.5 Å². The summed E-state index contributed by atoms with van der Waals surface area (Å²) in [5, 5.41) is 6.57. The van der Waals surface area contributed by atoms with E-state index in [9.17, 15) is 14.4 Å². The first-order valence-electron chi connectivity index (χ1n) is 13.7. The smallest absolute Gasteiger partial charge is 0.343 e. The number of unbranched alkanes of at least 4 members (excludes halogenated alkanes) is 8. The van der Waals surface area contributed by atoms with Crippen LogP contribution >= 0.6 is 15.9 Å². The van der Waals surface area contributed by atoms with Crippen LogP contribution in [0.25, 0.3) is 0 Å². The molecule has 2 amide bonds. The van der Waals surface area contributed by atoms with Gasteiger partial charge in [0.2, 0.25) is 5.91 Å². The van der Waals surface area contributed by atoms with Crippen LogP contribution in [0, 0.1) is 0 Å². The maximum absolute atomic E-state index is 12.7. The molecule has 0 aliphatic rings. The molecule has 0 atom stereocenters. The number of hydrazone groups is 1. The minimum absolute atomic E-state index is 0.154. The molecule has 40 heavy (non-hydrogen) atoms. The van der Waals surface area contributed by atoms with Gasteiger partial charge in [0.25, 0.3) is 5.91 Å².